The van der Waals surface area contributed by atoms with E-state index in [1.54, 1.807) is 41.6 Å². The van der Waals surface area contributed by atoms with Crippen molar-refractivity contribution >= 4 is 50.8 Å². The standard InChI is InChI=1S/C44H49ClFN11O4S/c1-29-26-55(21-20-54(29)27-30-12-18-53(19-13-30)39-7-4-32(24-48-39)35-6-9-41(58)50-44(35)59)34-5-8-40(49-25-34)57-28-37(43(51-57)31-10-14-47-15-11-31)36-22-33(45)23-38(42(36)46)52-62(60,61)56-16-2-3-17-56/h4-5,7-8,10-11,14-15,22-25,28-30,35,52H,2-3,6,9,12-13,16-21,26-27H2,1H3,(H,50,58,59)/t29-,35-/m1/s1. The van der Waals surface area contributed by atoms with Crippen molar-refractivity contribution in [2.75, 3.05) is 66.9 Å². The third-order valence-corrected chi connectivity index (χ3v) is 14.3. The lowest BCUT2D eigenvalue weighted by molar-refractivity contribution is -0.134. The van der Waals surface area contributed by atoms with E-state index in [1.165, 1.54) is 16.4 Å². The number of piperazine rings is 1. The van der Waals surface area contributed by atoms with Gasteiger partial charge in [-0.15, -0.1) is 0 Å². The van der Waals surface area contributed by atoms with E-state index in [4.69, 9.17) is 26.7 Å². The highest BCUT2D eigenvalue weighted by molar-refractivity contribution is 7.90. The highest BCUT2D eigenvalue weighted by Gasteiger charge is 2.32. The summed E-state index contributed by atoms with van der Waals surface area (Å²) in [5.74, 6) is 0.500. The normalized spacial score (nSPS) is 20.8. The second kappa shape index (κ2) is 17.7. The zero-order valence-corrected chi connectivity index (χ0v) is 36.0. The molecule has 4 aliphatic heterocycles. The van der Waals surface area contributed by atoms with Gasteiger partial charge in [-0.2, -0.15) is 17.8 Å². The first kappa shape index (κ1) is 41.8. The molecule has 4 aliphatic rings. The zero-order chi connectivity index (χ0) is 43.0. The number of anilines is 3. The van der Waals surface area contributed by atoms with E-state index in [2.05, 4.69) is 36.6 Å². The summed E-state index contributed by atoms with van der Waals surface area (Å²) in [4.78, 5) is 44.8. The SMILES string of the molecule is C[C@@H]1CN(c2ccc(-n3cc(-c4cc(Cl)cc(NS(=O)(=O)N5CCCC5)c4F)c(-c4ccncc4)n3)nc2)CCN1CC1CCN(c2ccc([C@H]3CCC(=O)NC3=O)cn2)CC1. The second-order valence-electron chi connectivity index (χ2n) is 16.6. The Balaban J connectivity index is 0.838. The molecule has 4 aromatic heterocycles. The molecule has 0 unspecified atom stereocenters. The maximum atomic E-state index is 16.4. The Hall–Kier alpha value is -5.49. The van der Waals surface area contributed by atoms with Crippen molar-refractivity contribution in [1.82, 2.24) is 39.3 Å². The molecule has 2 amide bonds. The van der Waals surface area contributed by atoms with Gasteiger partial charge in [-0.05, 0) is 93.0 Å². The fourth-order valence-electron chi connectivity index (χ4n) is 9.08. The number of aromatic nitrogens is 5. The van der Waals surface area contributed by atoms with Gasteiger partial charge in [0, 0.05) is 111 Å². The van der Waals surface area contributed by atoms with Crippen LogP contribution in [0.15, 0.2) is 79.5 Å². The molecule has 18 heteroatoms. The number of amides is 2. The van der Waals surface area contributed by atoms with E-state index in [-0.39, 0.29) is 34.0 Å². The van der Waals surface area contributed by atoms with Crippen molar-refractivity contribution in [3.05, 3.63) is 95.9 Å². The van der Waals surface area contributed by atoms with Crippen LogP contribution >= 0.6 is 11.6 Å². The fourth-order valence-corrected chi connectivity index (χ4v) is 10.6. The van der Waals surface area contributed by atoms with Gasteiger partial charge in [-0.25, -0.2) is 19.0 Å². The number of rotatable bonds is 11. The van der Waals surface area contributed by atoms with Crippen molar-refractivity contribution in [3.63, 3.8) is 0 Å². The van der Waals surface area contributed by atoms with Crippen molar-refractivity contribution < 1.29 is 22.4 Å². The van der Waals surface area contributed by atoms with Gasteiger partial charge in [0.1, 0.15) is 11.5 Å². The van der Waals surface area contributed by atoms with Crippen molar-refractivity contribution in [1.29, 1.82) is 0 Å². The summed E-state index contributed by atoms with van der Waals surface area (Å²) in [6.45, 7) is 8.59. The first-order valence-corrected chi connectivity index (χ1v) is 23.1. The minimum atomic E-state index is -3.97. The van der Waals surface area contributed by atoms with Crippen LogP contribution in [-0.4, -0.2) is 113 Å². The van der Waals surface area contributed by atoms with Gasteiger partial charge < -0.3 is 9.80 Å². The average molecular weight is 882 g/mol. The van der Waals surface area contributed by atoms with E-state index in [0.29, 0.717) is 60.5 Å². The van der Waals surface area contributed by atoms with Crippen LogP contribution < -0.4 is 19.8 Å². The zero-order valence-electron chi connectivity index (χ0n) is 34.5. The number of benzene rings is 1. The first-order chi connectivity index (χ1) is 30.0. The molecule has 0 aliphatic carbocycles. The van der Waals surface area contributed by atoms with Crippen molar-refractivity contribution in [2.24, 2.45) is 5.92 Å². The van der Waals surface area contributed by atoms with Crippen molar-refractivity contribution in [2.45, 2.75) is 57.4 Å². The Morgan fingerprint density at radius 3 is 2.32 bits per heavy atom. The first-order valence-electron chi connectivity index (χ1n) is 21.3. The van der Waals surface area contributed by atoms with Crippen LogP contribution in [0.1, 0.15) is 56.9 Å². The number of hydrogen-bond acceptors (Lipinski definition) is 11. The molecule has 4 saturated heterocycles. The Morgan fingerprint density at radius 1 is 0.871 bits per heavy atom. The number of halogens is 2. The molecule has 324 valence electrons. The van der Waals surface area contributed by atoms with Gasteiger partial charge in [0.05, 0.1) is 23.5 Å². The second-order valence-corrected chi connectivity index (χ2v) is 18.8. The molecule has 1 aromatic carbocycles. The summed E-state index contributed by atoms with van der Waals surface area (Å²) in [5.41, 5.74) is 3.28. The highest BCUT2D eigenvalue weighted by Crippen LogP contribution is 2.38. The molecule has 2 atom stereocenters. The Kier molecular flexibility index (Phi) is 12.0. The number of piperidine rings is 2. The lowest BCUT2D eigenvalue weighted by Gasteiger charge is -2.43. The van der Waals surface area contributed by atoms with Crippen LogP contribution in [0.5, 0.6) is 0 Å². The molecular formula is C44H49ClFN11O4S. The maximum absolute atomic E-state index is 16.4. The van der Waals surface area contributed by atoms with Crippen molar-refractivity contribution in [3.8, 4) is 28.2 Å². The minimum Gasteiger partial charge on any atom is -0.367 e. The number of carbonyl (C=O) groups is 2. The van der Waals surface area contributed by atoms with E-state index in [9.17, 15) is 18.0 Å². The summed E-state index contributed by atoms with van der Waals surface area (Å²) in [6, 6.07) is 14.6. The summed E-state index contributed by atoms with van der Waals surface area (Å²) in [6.07, 6.45) is 13.1. The van der Waals surface area contributed by atoms with E-state index in [1.807, 2.05) is 30.5 Å². The van der Waals surface area contributed by atoms with Crippen LogP contribution in [0.3, 0.4) is 0 Å². The summed E-state index contributed by atoms with van der Waals surface area (Å²) in [7, 11) is -3.97. The lowest BCUT2D eigenvalue weighted by atomic mass is 9.91. The van der Waals surface area contributed by atoms with Crippen LogP contribution in [0.2, 0.25) is 5.02 Å². The molecule has 8 heterocycles. The minimum absolute atomic E-state index is 0.0963. The number of nitrogens with one attached hydrogen (secondary N) is 2. The van der Waals surface area contributed by atoms with Gasteiger partial charge in [0.2, 0.25) is 11.8 Å². The van der Waals surface area contributed by atoms with Gasteiger partial charge >= 0.3 is 10.2 Å². The van der Waals surface area contributed by atoms with Crippen LogP contribution in [0, 0.1) is 11.7 Å². The van der Waals surface area contributed by atoms with Crippen LogP contribution in [0.25, 0.3) is 28.2 Å². The molecule has 4 fully saturated rings. The third kappa shape index (κ3) is 8.89. The third-order valence-electron chi connectivity index (χ3n) is 12.6. The molecule has 15 nitrogen and oxygen atoms in total. The number of pyridine rings is 3. The molecule has 0 saturated carbocycles. The quantitative estimate of drug-likeness (QED) is 0.153. The predicted molar refractivity (Wildman–Crippen MR) is 236 cm³/mol. The monoisotopic (exact) mass is 881 g/mol. The van der Waals surface area contributed by atoms with Gasteiger partial charge in [-0.3, -0.25) is 29.5 Å². The van der Waals surface area contributed by atoms with Crippen LogP contribution in [0.4, 0.5) is 21.6 Å². The molecule has 5 aromatic rings. The van der Waals surface area contributed by atoms with Gasteiger partial charge in [0.25, 0.3) is 0 Å². The molecule has 0 radical (unpaired) electrons. The van der Waals surface area contributed by atoms with E-state index >= 15 is 4.39 Å². The molecule has 62 heavy (non-hydrogen) atoms. The van der Waals surface area contributed by atoms with E-state index in [0.717, 1.165) is 82.0 Å². The summed E-state index contributed by atoms with van der Waals surface area (Å²) in [5, 5.41) is 7.45. The number of carbonyl (C=O) groups excluding carboxylic acids is 2. The highest BCUT2D eigenvalue weighted by atomic mass is 35.5. The Morgan fingerprint density at radius 2 is 1.63 bits per heavy atom. The molecule has 0 bridgehead atoms. The number of hydrogen-bond donors (Lipinski definition) is 2. The number of nitrogens with zero attached hydrogens (tertiary/aromatic N) is 9. The Bertz CT molecular complexity index is 2530. The lowest BCUT2D eigenvalue weighted by Crippen LogP contribution is -2.53. The smallest absolute Gasteiger partial charge is 0.301 e. The maximum Gasteiger partial charge on any atom is 0.301 e. The molecule has 2 N–H and O–H groups in total. The van der Waals surface area contributed by atoms with Crippen LogP contribution in [-0.2, 0) is 19.8 Å². The summed E-state index contributed by atoms with van der Waals surface area (Å²) < 4.78 is 47.9. The average Bonchev–Trinajstić information content (AvgIpc) is 3.99. The predicted octanol–water partition coefficient (Wildman–Crippen LogP) is 5.88. The molecule has 0 spiro atoms. The van der Waals surface area contributed by atoms with E-state index < -0.39 is 16.0 Å². The Labute approximate surface area is 365 Å². The topological polar surface area (TPSA) is 162 Å². The molecular weight excluding hydrogens is 833 g/mol. The number of imide groups is 1. The molecule has 9 rings (SSSR count). The fraction of sp³-hybridized carbons (Fsp3) is 0.409. The van der Waals surface area contributed by atoms with Gasteiger partial charge in [0.15, 0.2) is 11.6 Å². The summed E-state index contributed by atoms with van der Waals surface area (Å²) >= 11 is 6.51. The largest absolute Gasteiger partial charge is 0.367 e. The van der Waals surface area contributed by atoms with Gasteiger partial charge in [-0.1, -0.05) is 17.7 Å².